The van der Waals surface area contributed by atoms with Crippen LogP contribution >= 0.6 is 11.6 Å². The normalized spacial score (nSPS) is 22.2. The van der Waals surface area contributed by atoms with E-state index >= 15 is 0 Å². The highest BCUT2D eigenvalue weighted by Gasteiger charge is 2.51. The molecule has 3 rings (SSSR count). The first-order valence-electron chi connectivity index (χ1n) is 11.5. The third-order valence-corrected chi connectivity index (χ3v) is 8.46. The Morgan fingerprint density at radius 3 is 2.39 bits per heavy atom. The minimum Gasteiger partial charge on any atom is -0.481 e. The number of nitrogens with one attached hydrogen (secondary N) is 1. The van der Waals surface area contributed by atoms with Crippen molar-refractivity contribution in [1.82, 2.24) is 10.4 Å². The van der Waals surface area contributed by atoms with Crippen molar-refractivity contribution in [3.63, 3.8) is 0 Å². The summed E-state index contributed by atoms with van der Waals surface area (Å²) in [6.45, 7) is 5.12. The number of carbonyl (C=O) groups excluding carboxylic acids is 2. The highest BCUT2D eigenvalue weighted by molar-refractivity contribution is 7.92. The second-order valence-electron chi connectivity index (χ2n) is 10.2. The van der Waals surface area contributed by atoms with Crippen LogP contribution in [0, 0.1) is 11.3 Å². The number of nitrogens with zero attached hydrogens (tertiary/aromatic N) is 2. The van der Waals surface area contributed by atoms with Crippen LogP contribution in [0.25, 0.3) is 0 Å². The van der Waals surface area contributed by atoms with Gasteiger partial charge in [-0.3, -0.25) is 4.79 Å². The van der Waals surface area contributed by atoms with E-state index in [4.69, 9.17) is 25.9 Å². The highest BCUT2D eigenvalue weighted by atomic mass is 35.5. The molecular weight excluding hydrogens is 555 g/mol. The van der Waals surface area contributed by atoms with Gasteiger partial charge in [0.05, 0.1) is 27.8 Å². The zero-order chi connectivity index (χ0) is 28.7. The van der Waals surface area contributed by atoms with Crippen molar-refractivity contribution < 1.29 is 45.5 Å². The summed E-state index contributed by atoms with van der Waals surface area (Å²) < 4.78 is 75.2. The van der Waals surface area contributed by atoms with Crippen LogP contribution in [-0.2, 0) is 24.2 Å². The van der Waals surface area contributed by atoms with Crippen molar-refractivity contribution >= 4 is 33.5 Å². The third kappa shape index (κ3) is 7.00. The van der Waals surface area contributed by atoms with Gasteiger partial charge in [-0.05, 0) is 59.1 Å². The summed E-state index contributed by atoms with van der Waals surface area (Å²) in [5.74, 6) is -0.995. The molecular formula is C23H27ClF3N3O7S. The molecule has 2 aliphatic rings. The van der Waals surface area contributed by atoms with Crippen LogP contribution < -0.4 is 10.1 Å². The lowest BCUT2D eigenvalue weighted by atomic mass is 10.2. The van der Waals surface area contributed by atoms with E-state index in [1.165, 1.54) is 0 Å². The number of carbonyl (C=O) groups is 2. The Hall–Kier alpha value is -2.76. The summed E-state index contributed by atoms with van der Waals surface area (Å²) in [5, 5.41) is 11.1. The monoisotopic (exact) mass is 581 g/mol. The molecule has 2 fully saturated rings. The van der Waals surface area contributed by atoms with Gasteiger partial charge in [-0.2, -0.15) is 18.4 Å². The number of halogens is 4. The molecule has 1 unspecified atom stereocenters. The van der Waals surface area contributed by atoms with Gasteiger partial charge in [0.2, 0.25) is 5.91 Å². The smallest absolute Gasteiger partial charge is 0.481 e. The molecule has 15 heteroatoms. The Morgan fingerprint density at radius 2 is 1.89 bits per heavy atom. The number of nitriles is 1. The molecule has 1 saturated carbocycles. The standard InChI is InChI=1S/C23H27ClF3N3O7S/c1-13(23(25,26)27)35-14-5-6-18(16(24)9-14)38(33,34)15-10-17(19(31)29-22(12-28)7-8-22)30(11-15)37-20(32)36-21(2,3)4/h5-6,9,13,15,17H,7-8,10-11H2,1-4H3,(H,29,31)/t13?,15-,17+/m1/s1. The maximum atomic E-state index is 13.4. The minimum absolute atomic E-state index is 0.288. The summed E-state index contributed by atoms with van der Waals surface area (Å²) in [6.07, 6.45) is -7.43. The summed E-state index contributed by atoms with van der Waals surface area (Å²) in [4.78, 5) is 30.0. The van der Waals surface area contributed by atoms with Crippen LogP contribution in [0.3, 0.4) is 0 Å². The molecule has 0 bridgehead atoms. The zero-order valence-electron chi connectivity index (χ0n) is 21.0. The number of alkyl halides is 3. The van der Waals surface area contributed by atoms with Gasteiger partial charge in [0, 0.05) is 6.07 Å². The van der Waals surface area contributed by atoms with Crippen LogP contribution in [0.4, 0.5) is 18.0 Å². The summed E-state index contributed by atoms with van der Waals surface area (Å²) >= 11 is 6.12. The van der Waals surface area contributed by atoms with E-state index in [0.717, 1.165) is 30.2 Å². The van der Waals surface area contributed by atoms with Crippen molar-refractivity contribution in [3.8, 4) is 11.8 Å². The maximum absolute atomic E-state index is 13.4. The first-order chi connectivity index (χ1) is 17.4. The fourth-order valence-electron chi connectivity index (χ4n) is 3.64. The topological polar surface area (TPSA) is 135 Å². The van der Waals surface area contributed by atoms with E-state index in [9.17, 15) is 36.4 Å². The Kier molecular flexibility index (Phi) is 8.17. The first-order valence-corrected chi connectivity index (χ1v) is 13.5. The van der Waals surface area contributed by atoms with E-state index in [1.807, 2.05) is 6.07 Å². The molecule has 1 N–H and O–H groups in total. The molecule has 0 radical (unpaired) electrons. The van der Waals surface area contributed by atoms with Crippen molar-refractivity contribution in [2.24, 2.45) is 0 Å². The average molecular weight is 582 g/mol. The summed E-state index contributed by atoms with van der Waals surface area (Å²) in [7, 11) is -4.28. The SMILES string of the molecule is CC(Oc1ccc(S(=O)(=O)[C@@H]2C[C@@H](C(=O)NC3(C#N)CC3)N(OC(=O)OC(C)(C)C)C2)c(Cl)c1)C(F)(F)F. The Bertz CT molecular complexity index is 1240. The third-order valence-electron chi connectivity index (χ3n) is 5.85. The Morgan fingerprint density at radius 1 is 1.26 bits per heavy atom. The zero-order valence-corrected chi connectivity index (χ0v) is 22.5. The van der Waals surface area contributed by atoms with E-state index in [-0.39, 0.29) is 17.2 Å². The lowest BCUT2D eigenvalue weighted by molar-refractivity contribution is -0.189. The number of hydrogen-bond acceptors (Lipinski definition) is 9. The predicted octanol–water partition coefficient (Wildman–Crippen LogP) is 3.93. The number of ether oxygens (including phenoxy) is 2. The van der Waals surface area contributed by atoms with Gasteiger partial charge in [-0.15, -0.1) is 5.06 Å². The van der Waals surface area contributed by atoms with Crippen molar-refractivity contribution in [1.29, 1.82) is 5.26 Å². The molecule has 0 spiro atoms. The van der Waals surface area contributed by atoms with E-state index in [1.54, 1.807) is 20.8 Å². The molecule has 1 saturated heterocycles. The summed E-state index contributed by atoms with van der Waals surface area (Å²) in [5.41, 5.74) is -1.99. The number of hydrogen-bond donors (Lipinski definition) is 1. The van der Waals surface area contributed by atoms with Crippen LogP contribution in [0.1, 0.15) is 47.0 Å². The van der Waals surface area contributed by atoms with Gasteiger partial charge in [-0.1, -0.05) is 11.6 Å². The fraction of sp³-hybridized carbons (Fsp3) is 0.609. The maximum Gasteiger partial charge on any atom is 0.528 e. The van der Waals surface area contributed by atoms with E-state index in [2.05, 4.69) is 5.32 Å². The molecule has 38 heavy (non-hydrogen) atoms. The number of hydroxylamine groups is 2. The molecule has 1 aliphatic heterocycles. The van der Waals surface area contributed by atoms with Gasteiger partial charge in [0.25, 0.3) is 0 Å². The summed E-state index contributed by atoms with van der Waals surface area (Å²) in [6, 6.07) is 3.74. The van der Waals surface area contributed by atoms with Gasteiger partial charge in [-0.25, -0.2) is 13.2 Å². The second-order valence-corrected chi connectivity index (χ2v) is 12.8. The largest absolute Gasteiger partial charge is 0.528 e. The average Bonchev–Trinajstić information content (AvgIpc) is 3.40. The molecule has 1 heterocycles. The Balaban J connectivity index is 1.84. The molecule has 10 nitrogen and oxygen atoms in total. The number of benzene rings is 1. The lowest BCUT2D eigenvalue weighted by Crippen LogP contribution is -2.48. The highest BCUT2D eigenvalue weighted by Crippen LogP contribution is 2.37. The molecule has 3 atom stereocenters. The van der Waals surface area contributed by atoms with Crippen molar-refractivity contribution in [3.05, 3.63) is 23.2 Å². The Labute approximate surface area is 222 Å². The van der Waals surface area contributed by atoms with Crippen LogP contribution in [0.2, 0.25) is 5.02 Å². The minimum atomic E-state index is -4.64. The second kappa shape index (κ2) is 10.4. The van der Waals surface area contributed by atoms with Gasteiger partial charge in [0.15, 0.2) is 15.9 Å². The fourth-order valence-corrected chi connectivity index (χ4v) is 5.86. The number of amides is 1. The predicted molar refractivity (Wildman–Crippen MR) is 127 cm³/mol. The molecule has 1 amide bonds. The molecule has 1 aromatic rings. The number of rotatable bonds is 7. The van der Waals surface area contributed by atoms with Gasteiger partial charge in [0.1, 0.15) is 22.9 Å². The van der Waals surface area contributed by atoms with Gasteiger partial charge < -0.3 is 19.6 Å². The molecule has 1 aliphatic carbocycles. The van der Waals surface area contributed by atoms with Crippen LogP contribution in [0.5, 0.6) is 5.75 Å². The van der Waals surface area contributed by atoms with E-state index in [0.29, 0.717) is 12.8 Å². The lowest BCUT2D eigenvalue weighted by Gasteiger charge is -2.25. The van der Waals surface area contributed by atoms with Gasteiger partial charge >= 0.3 is 12.3 Å². The quantitative estimate of drug-likeness (QED) is 0.475. The number of sulfone groups is 1. The molecule has 1 aromatic carbocycles. The van der Waals surface area contributed by atoms with E-state index < -0.39 is 68.1 Å². The van der Waals surface area contributed by atoms with Crippen LogP contribution in [0.15, 0.2) is 23.1 Å². The van der Waals surface area contributed by atoms with Crippen molar-refractivity contribution in [2.75, 3.05) is 6.54 Å². The van der Waals surface area contributed by atoms with Crippen molar-refractivity contribution in [2.45, 2.75) is 86.6 Å². The molecule has 210 valence electrons. The first kappa shape index (κ1) is 29.8. The molecule has 0 aromatic heterocycles. The van der Waals surface area contributed by atoms with Crippen LogP contribution in [-0.4, -0.2) is 66.8 Å².